The molecule has 0 fully saturated rings. The van der Waals surface area contributed by atoms with E-state index in [9.17, 15) is 13.0 Å². The van der Waals surface area contributed by atoms with Gasteiger partial charge in [0.15, 0.2) is 0 Å². The van der Waals surface area contributed by atoms with E-state index in [0.29, 0.717) is 12.8 Å². The maximum atomic E-state index is 10.5. The van der Waals surface area contributed by atoms with Crippen molar-refractivity contribution in [1.82, 2.24) is 0 Å². The molecule has 5 heteroatoms. The SMILES string of the molecule is CCCCCCCCCCCCCCCCCCC/C=C/CCCS(=O)(=O)[O-].[Na+]. The van der Waals surface area contributed by atoms with Gasteiger partial charge in [0.2, 0.25) is 0 Å². The van der Waals surface area contributed by atoms with Crippen molar-refractivity contribution in [3.8, 4) is 0 Å². The van der Waals surface area contributed by atoms with Gasteiger partial charge in [-0.05, 0) is 25.7 Å². The molecule has 0 rings (SSSR count). The van der Waals surface area contributed by atoms with Crippen LogP contribution in [0.2, 0.25) is 0 Å². The number of hydrogen-bond donors (Lipinski definition) is 0. The van der Waals surface area contributed by atoms with E-state index in [4.69, 9.17) is 0 Å². The first-order valence-corrected chi connectivity index (χ1v) is 13.7. The Morgan fingerprint density at radius 2 is 0.862 bits per heavy atom. The molecule has 29 heavy (non-hydrogen) atoms. The van der Waals surface area contributed by atoms with Crippen molar-refractivity contribution < 1.29 is 42.5 Å². The third-order valence-corrected chi connectivity index (χ3v) is 6.19. The maximum Gasteiger partial charge on any atom is 1.00 e. The van der Waals surface area contributed by atoms with E-state index in [0.717, 1.165) is 6.42 Å². The van der Waals surface area contributed by atoms with E-state index >= 15 is 0 Å². The van der Waals surface area contributed by atoms with Crippen LogP contribution < -0.4 is 29.6 Å². The third kappa shape index (κ3) is 30.9. The number of hydrogen-bond acceptors (Lipinski definition) is 3. The molecule has 0 saturated carbocycles. The van der Waals surface area contributed by atoms with Gasteiger partial charge in [-0.2, -0.15) is 0 Å². The quantitative estimate of drug-likeness (QED) is 0.104. The Bertz CT molecular complexity index is 435. The smallest absolute Gasteiger partial charge is 0.748 e. The molecule has 0 N–H and O–H groups in total. The molecule has 0 atom stereocenters. The molecule has 0 unspecified atom stereocenters. The first-order chi connectivity index (χ1) is 13.6. The van der Waals surface area contributed by atoms with Gasteiger partial charge in [0, 0.05) is 5.75 Å². The van der Waals surface area contributed by atoms with Crippen molar-refractivity contribution in [2.45, 2.75) is 135 Å². The fraction of sp³-hybridized carbons (Fsp3) is 0.917. The Morgan fingerprint density at radius 1 is 0.552 bits per heavy atom. The van der Waals surface area contributed by atoms with Crippen molar-refractivity contribution in [2.24, 2.45) is 0 Å². The summed E-state index contributed by atoms with van der Waals surface area (Å²) >= 11 is 0. The summed E-state index contributed by atoms with van der Waals surface area (Å²) in [5, 5.41) is 0. The summed E-state index contributed by atoms with van der Waals surface area (Å²) in [6, 6.07) is 0. The van der Waals surface area contributed by atoms with Gasteiger partial charge in [0.1, 0.15) is 0 Å². The molecule has 0 aromatic rings. The third-order valence-electron chi connectivity index (χ3n) is 5.41. The van der Waals surface area contributed by atoms with Gasteiger partial charge in [-0.3, -0.25) is 0 Å². The topological polar surface area (TPSA) is 57.2 Å². The molecule has 0 aliphatic carbocycles. The zero-order chi connectivity index (χ0) is 20.8. The Hall–Kier alpha value is 0.650. The molecule has 0 saturated heterocycles. The average Bonchev–Trinajstić information content (AvgIpc) is 2.65. The second-order valence-electron chi connectivity index (χ2n) is 8.32. The first-order valence-electron chi connectivity index (χ1n) is 12.1. The van der Waals surface area contributed by atoms with Gasteiger partial charge in [0.25, 0.3) is 0 Å². The second-order valence-corrected chi connectivity index (χ2v) is 9.84. The van der Waals surface area contributed by atoms with Crippen molar-refractivity contribution in [1.29, 1.82) is 0 Å². The molecule has 0 aliphatic heterocycles. The summed E-state index contributed by atoms with van der Waals surface area (Å²) in [5.74, 6) is -0.240. The van der Waals surface area contributed by atoms with E-state index in [1.165, 1.54) is 109 Å². The minimum atomic E-state index is -4.03. The van der Waals surface area contributed by atoms with Gasteiger partial charge in [-0.15, -0.1) is 0 Å². The summed E-state index contributed by atoms with van der Waals surface area (Å²) in [5.41, 5.74) is 0. The first kappa shape index (κ1) is 31.8. The fourth-order valence-corrected chi connectivity index (χ4v) is 4.12. The predicted octanol–water partition coefficient (Wildman–Crippen LogP) is 4.91. The zero-order valence-electron chi connectivity index (χ0n) is 19.6. The maximum absolute atomic E-state index is 10.5. The van der Waals surface area contributed by atoms with Crippen LogP contribution >= 0.6 is 0 Å². The van der Waals surface area contributed by atoms with Crippen LogP contribution in [0.5, 0.6) is 0 Å². The number of rotatable bonds is 22. The van der Waals surface area contributed by atoms with Crippen molar-refractivity contribution in [3.05, 3.63) is 12.2 Å². The molecule has 0 aromatic heterocycles. The summed E-state index contributed by atoms with van der Waals surface area (Å²) in [6.45, 7) is 2.28. The molecular formula is C24H47NaO3S. The Kier molecular flexibility index (Phi) is 27.3. The van der Waals surface area contributed by atoms with Crippen molar-refractivity contribution >= 4 is 10.1 Å². The van der Waals surface area contributed by atoms with E-state index in [1.807, 2.05) is 6.08 Å². The minimum absolute atomic E-state index is 0. The van der Waals surface area contributed by atoms with Gasteiger partial charge in [-0.1, -0.05) is 122 Å². The fourth-order valence-electron chi connectivity index (χ4n) is 3.60. The van der Waals surface area contributed by atoms with Crippen LogP contribution in [-0.2, 0) is 10.1 Å². The van der Waals surface area contributed by atoms with Crippen LogP contribution in [0.25, 0.3) is 0 Å². The second kappa shape index (κ2) is 24.9. The molecule has 0 spiro atoms. The monoisotopic (exact) mass is 438 g/mol. The summed E-state index contributed by atoms with van der Waals surface area (Å²) in [4.78, 5) is 0. The zero-order valence-corrected chi connectivity index (χ0v) is 22.5. The van der Waals surface area contributed by atoms with Crippen molar-refractivity contribution in [2.75, 3.05) is 5.75 Å². The van der Waals surface area contributed by atoms with Crippen LogP contribution in [-0.4, -0.2) is 18.7 Å². The Morgan fingerprint density at radius 3 is 1.21 bits per heavy atom. The summed E-state index contributed by atoms with van der Waals surface area (Å²) in [6.07, 6.45) is 30.0. The molecule has 0 aliphatic rings. The molecule has 0 radical (unpaired) electrons. The number of unbranched alkanes of at least 4 members (excludes halogenated alkanes) is 18. The number of allylic oxidation sites excluding steroid dienone is 2. The molecule has 0 aromatic carbocycles. The summed E-state index contributed by atoms with van der Waals surface area (Å²) in [7, 11) is -4.03. The average molecular weight is 439 g/mol. The van der Waals surface area contributed by atoms with Crippen LogP contribution in [0, 0.1) is 0 Å². The molecule has 0 amide bonds. The van der Waals surface area contributed by atoms with Gasteiger partial charge < -0.3 is 4.55 Å². The van der Waals surface area contributed by atoms with Gasteiger partial charge in [0.05, 0.1) is 10.1 Å². The van der Waals surface area contributed by atoms with Crippen LogP contribution in [0.1, 0.15) is 135 Å². The van der Waals surface area contributed by atoms with E-state index in [-0.39, 0.29) is 35.3 Å². The molecule has 0 heterocycles. The summed E-state index contributed by atoms with van der Waals surface area (Å²) < 4.78 is 31.4. The normalized spacial score (nSPS) is 11.8. The van der Waals surface area contributed by atoms with Gasteiger partial charge in [-0.25, -0.2) is 8.42 Å². The van der Waals surface area contributed by atoms with E-state index in [1.54, 1.807) is 0 Å². The largest absolute Gasteiger partial charge is 1.00 e. The van der Waals surface area contributed by atoms with E-state index < -0.39 is 10.1 Å². The Balaban J connectivity index is 0. The standard InChI is InChI=1S/C24H48O3S.Na/c1-2-3-4-5-6-7-8-9-10-11-12-13-14-15-16-17-18-19-20-21-22-23-24-28(25,26)27;/h20-21H,2-19,22-24H2,1H3,(H,25,26,27);/q;+1/p-1/b21-20+;. The van der Waals surface area contributed by atoms with Crippen LogP contribution in [0.15, 0.2) is 12.2 Å². The minimum Gasteiger partial charge on any atom is -0.748 e. The van der Waals surface area contributed by atoms with E-state index in [2.05, 4.69) is 13.0 Å². The molecular weight excluding hydrogens is 391 g/mol. The molecule has 0 bridgehead atoms. The molecule has 3 nitrogen and oxygen atoms in total. The molecule has 168 valence electrons. The van der Waals surface area contributed by atoms with Crippen LogP contribution in [0.3, 0.4) is 0 Å². The van der Waals surface area contributed by atoms with Crippen LogP contribution in [0.4, 0.5) is 0 Å². The van der Waals surface area contributed by atoms with Crippen molar-refractivity contribution in [3.63, 3.8) is 0 Å². The Labute approximate surface area is 204 Å². The van der Waals surface area contributed by atoms with Gasteiger partial charge >= 0.3 is 29.6 Å². The predicted molar refractivity (Wildman–Crippen MR) is 122 cm³/mol.